The fourth-order valence-electron chi connectivity index (χ4n) is 3.60. The van der Waals surface area contributed by atoms with E-state index in [0.29, 0.717) is 37.8 Å². The number of nitrogens with zero attached hydrogens (tertiary/aromatic N) is 2. The third kappa shape index (κ3) is 3.99. The van der Waals surface area contributed by atoms with E-state index >= 15 is 0 Å². The molecule has 1 aromatic heterocycles. The predicted molar refractivity (Wildman–Crippen MR) is 95.9 cm³/mol. The molecule has 7 heteroatoms. The number of carbonyl (C=O) groups is 1. The van der Waals surface area contributed by atoms with Crippen LogP contribution in [0.15, 0.2) is 16.7 Å². The van der Waals surface area contributed by atoms with Gasteiger partial charge in [0.05, 0.1) is 18.9 Å². The summed E-state index contributed by atoms with van der Waals surface area (Å²) in [6.45, 7) is 4.10. The summed E-state index contributed by atoms with van der Waals surface area (Å²) >= 11 is 0. The molecule has 2 aromatic rings. The lowest BCUT2D eigenvalue weighted by molar-refractivity contribution is 0.123. The van der Waals surface area contributed by atoms with Gasteiger partial charge < -0.3 is 24.4 Å². The van der Waals surface area contributed by atoms with Gasteiger partial charge in [-0.05, 0) is 50.2 Å². The first-order valence-corrected chi connectivity index (χ1v) is 9.19. The van der Waals surface area contributed by atoms with Gasteiger partial charge in [0.25, 0.3) is 0 Å². The lowest BCUT2D eigenvalue weighted by Gasteiger charge is -2.29. The SMILES string of the molecule is CCOCc1ccc2c(CCC3CCN(C(=O)O)CC3)noc2c1CO. The molecule has 0 atom stereocenters. The fourth-order valence-corrected chi connectivity index (χ4v) is 3.60. The number of rotatable bonds is 7. The molecule has 0 unspecified atom stereocenters. The summed E-state index contributed by atoms with van der Waals surface area (Å²) in [5.41, 5.74) is 3.20. The first-order valence-electron chi connectivity index (χ1n) is 9.19. The Morgan fingerprint density at radius 1 is 1.38 bits per heavy atom. The van der Waals surface area contributed by atoms with Crippen molar-refractivity contribution in [1.29, 1.82) is 0 Å². The van der Waals surface area contributed by atoms with Gasteiger partial charge in [-0.2, -0.15) is 0 Å². The van der Waals surface area contributed by atoms with Crippen molar-refractivity contribution in [2.45, 2.75) is 45.8 Å². The lowest BCUT2D eigenvalue weighted by atomic mass is 9.91. The van der Waals surface area contributed by atoms with Crippen molar-refractivity contribution in [3.05, 3.63) is 29.0 Å². The smallest absolute Gasteiger partial charge is 0.407 e. The van der Waals surface area contributed by atoms with Crippen LogP contribution in [0, 0.1) is 5.92 Å². The third-order valence-electron chi connectivity index (χ3n) is 5.21. The van der Waals surface area contributed by atoms with Crippen LogP contribution in [0.3, 0.4) is 0 Å². The number of fused-ring (bicyclic) bond motifs is 1. The normalized spacial score (nSPS) is 15.7. The summed E-state index contributed by atoms with van der Waals surface area (Å²) in [5.74, 6) is 0.506. The standard InChI is InChI=1S/C19H26N2O5/c1-2-25-12-14-4-5-15-17(20-26-18(15)16(14)11-22)6-3-13-7-9-21(10-8-13)19(23)24/h4-5,13,22H,2-3,6-12H2,1H3,(H,23,24). The molecule has 26 heavy (non-hydrogen) atoms. The summed E-state index contributed by atoms with van der Waals surface area (Å²) < 4.78 is 11.0. The number of ether oxygens (including phenoxy) is 1. The fraction of sp³-hybridized carbons (Fsp3) is 0.579. The molecule has 1 aromatic carbocycles. The van der Waals surface area contributed by atoms with E-state index in [1.54, 1.807) is 0 Å². The van der Waals surface area contributed by atoms with Gasteiger partial charge in [0.2, 0.25) is 0 Å². The number of aliphatic hydroxyl groups is 1. The van der Waals surface area contributed by atoms with Gasteiger partial charge in [-0.3, -0.25) is 0 Å². The Morgan fingerprint density at radius 2 is 2.15 bits per heavy atom. The second kappa shape index (κ2) is 8.51. The molecule has 1 fully saturated rings. The highest BCUT2D eigenvalue weighted by Crippen LogP contribution is 2.29. The maximum atomic E-state index is 11.0. The minimum absolute atomic E-state index is 0.109. The van der Waals surface area contributed by atoms with Gasteiger partial charge in [-0.1, -0.05) is 11.2 Å². The Hall–Kier alpha value is -2.12. The molecule has 1 amide bonds. The van der Waals surface area contributed by atoms with Crippen molar-refractivity contribution in [3.63, 3.8) is 0 Å². The molecule has 0 saturated carbocycles. The molecule has 0 spiro atoms. The van der Waals surface area contributed by atoms with Gasteiger partial charge >= 0.3 is 6.09 Å². The number of likely N-dealkylation sites (tertiary alicyclic amines) is 1. The van der Waals surface area contributed by atoms with Crippen LogP contribution in [0.25, 0.3) is 11.0 Å². The van der Waals surface area contributed by atoms with E-state index in [1.165, 1.54) is 4.90 Å². The zero-order valence-corrected chi connectivity index (χ0v) is 15.1. The number of hydrogen-bond acceptors (Lipinski definition) is 5. The molecular weight excluding hydrogens is 336 g/mol. The van der Waals surface area contributed by atoms with E-state index in [4.69, 9.17) is 14.4 Å². The number of aryl methyl sites for hydroxylation is 1. The number of carboxylic acid groups (broad SMARTS) is 1. The second-order valence-corrected chi connectivity index (χ2v) is 6.76. The van der Waals surface area contributed by atoms with Crippen molar-refractivity contribution >= 4 is 17.1 Å². The van der Waals surface area contributed by atoms with Crippen molar-refractivity contribution in [2.75, 3.05) is 19.7 Å². The minimum atomic E-state index is -0.828. The number of aromatic nitrogens is 1. The Kier molecular flexibility index (Phi) is 6.11. The average molecular weight is 362 g/mol. The molecule has 1 saturated heterocycles. The van der Waals surface area contributed by atoms with E-state index in [0.717, 1.165) is 47.9 Å². The first-order chi connectivity index (χ1) is 12.6. The molecule has 3 rings (SSSR count). The van der Waals surface area contributed by atoms with Crippen LogP contribution in [-0.4, -0.2) is 46.1 Å². The van der Waals surface area contributed by atoms with Crippen molar-refractivity contribution < 1.29 is 24.3 Å². The quantitative estimate of drug-likeness (QED) is 0.785. The Balaban J connectivity index is 1.67. The first kappa shape index (κ1) is 18.7. The molecular formula is C19H26N2O5. The number of amides is 1. The Morgan fingerprint density at radius 3 is 2.81 bits per heavy atom. The van der Waals surface area contributed by atoms with Crippen molar-refractivity contribution in [3.8, 4) is 0 Å². The second-order valence-electron chi connectivity index (χ2n) is 6.76. The van der Waals surface area contributed by atoms with E-state index in [1.807, 2.05) is 19.1 Å². The highest BCUT2D eigenvalue weighted by atomic mass is 16.5. The monoisotopic (exact) mass is 362 g/mol. The molecule has 0 radical (unpaired) electrons. The zero-order valence-electron chi connectivity index (χ0n) is 15.1. The molecule has 2 N–H and O–H groups in total. The van der Waals surface area contributed by atoms with E-state index < -0.39 is 6.09 Å². The maximum Gasteiger partial charge on any atom is 0.407 e. The van der Waals surface area contributed by atoms with Gasteiger partial charge in [0.1, 0.15) is 0 Å². The van der Waals surface area contributed by atoms with E-state index in [2.05, 4.69) is 5.16 Å². The van der Waals surface area contributed by atoms with Crippen LogP contribution in [0.5, 0.6) is 0 Å². The molecule has 142 valence electrons. The Bertz CT molecular complexity index is 750. The van der Waals surface area contributed by atoms with E-state index in [-0.39, 0.29) is 6.61 Å². The van der Waals surface area contributed by atoms with Crippen LogP contribution in [0.1, 0.15) is 43.0 Å². The summed E-state index contributed by atoms with van der Waals surface area (Å²) in [7, 11) is 0. The molecule has 1 aliphatic heterocycles. The summed E-state index contributed by atoms with van der Waals surface area (Å²) in [4.78, 5) is 12.5. The molecule has 0 aliphatic carbocycles. The van der Waals surface area contributed by atoms with Gasteiger partial charge in [-0.25, -0.2) is 4.79 Å². The lowest BCUT2D eigenvalue weighted by Crippen LogP contribution is -2.37. The van der Waals surface area contributed by atoms with Crippen LogP contribution in [0.2, 0.25) is 0 Å². The number of benzene rings is 1. The van der Waals surface area contributed by atoms with Crippen molar-refractivity contribution in [2.24, 2.45) is 5.92 Å². The Labute approximate surface area is 152 Å². The van der Waals surface area contributed by atoms with Gasteiger partial charge in [0, 0.05) is 30.6 Å². The van der Waals surface area contributed by atoms with Crippen molar-refractivity contribution in [1.82, 2.24) is 10.1 Å². The topological polar surface area (TPSA) is 96.0 Å². The van der Waals surface area contributed by atoms with Crippen LogP contribution >= 0.6 is 0 Å². The van der Waals surface area contributed by atoms with Crippen LogP contribution < -0.4 is 0 Å². The number of hydrogen-bond donors (Lipinski definition) is 2. The molecule has 7 nitrogen and oxygen atoms in total. The van der Waals surface area contributed by atoms with Crippen LogP contribution in [-0.2, 0) is 24.4 Å². The summed E-state index contributed by atoms with van der Waals surface area (Å²) in [6, 6.07) is 3.96. The summed E-state index contributed by atoms with van der Waals surface area (Å²) in [6.07, 6.45) is 2.71. The highest BCUT2D eigenvalue weighted by Gasteiger charge is 2.23. The average Bonchev–Trinajstić information content (AvgIpc) is 3.07. The van der Waals surface area contributed by atoms with E-state index in [9.17, 15) is 9.90 Å². The largest absolute Gasteiger partial charge is 0.465 e. The number of piperidine rings is 1. The third-order valence-corrected chi connectivity index (χ3v) is 5.21. The minimum Gasteiger partial charge on any atom is -0.465 e. The van der Waals surface area contributed by atoms with Gasteiger partial charge in [0.15, 0.2) is 5.58 Å². The maximum absolute atomic E-state index is 11.0. The highest BCUT2D eigenvalue weighted by molar-refractivity contribution is 5.83. The predicted octanol–water partition coefficient (Wildman–Crippen LogP) is 3.18. The molecule has 2 heterocycles. The molecule has 0 bridgehead atoms. The summed E-state index contributed by atoms with van der Waals surface area (Å²) in [5, 5.41) is 23.9. The number of aliphatic hydroxyl groups excluding tert-OH is 1. The van der Waals surface area contributed by atoms with Crippen LogP contribution in [0.4, 0.5) is 4.79 Å². The molecule has 1 aliphatic rings. The zero-order chi connectivity index (χ0) is 18.5. The van der Waals surface area contributed by atoms with Gasteiger partial charge in [-0.15, -0.1) is 0 Å².